The Morgan fingerprint density at radius 1 is 1.38 bits per heavy atom. The monoisotopic (exact) mass is 316 g/mol. The molecular weight excluding hydrogens is 300 g/mol. The molecule has 9 heteroatoms. The molecule has 0 atom stereocenters. The number of aromatic carboxylic acids is 1. The molecule has 116 valence electrons. The van der Waals surface area contributed by atoms with E-state index in [-0.39, 0.29) is 11.4 Å². The molecule has 0 amide bonds. The molecule has 0 unspecified atom stereocenters. The minimum absolute atomic E-state index is 0.197. The summed E-state index contributed by atoms with van der Waals surface area (Å²) in [7, 11) is -3.76. The van der Waals surface area contributed by atoms with Crippen LogP contribution in [0.25, 0.3) is 0 Å². The molecule has 0 fully saturated rings. The number of non-ortho nitro benzene ring substituents is 1. The smallest absolute Gasteiger partial charge is 0.338 e. The first kappa shape index (κ1) is 16.9. The summed E-state index contributed by atoms with van der Waals surface area (Å²) >= 11 is 0. The van der Waals surface area contributed by atoms with E-state index in [1.807, 2.05) is 0 Å². The van der Waals surface area contributed by atoms with Crippen LogP contribution >= 0.6 is 0 Å². The summed E-state index contributed by atoms with van der Waals surface area (Å²) in [6.45, 7) is 5.17. The van der Waals surface area contributed by atoms with Crippen molar-refractivity contribution in [3.8, 4) is 0 Å². The van der Waals surface area contributed by atoms with Gasteiger partial charge in [-0.2, -0.15) is 0 Å². The van der Waals surface area contributed by atoms with Crippen molar-refractivity contribution in [1.82, 2.24) is 0 Å². The standard InChI is InChI=1S/C12H16N2O6S/c1-12(2,3)7-21(19,20)13-10-5-4-8(14(17)18)6-9(10)11(15)16/h4-6,13H,7H2,1-3H3,(H,15,16). The number of hydrogen-bond donors (Lipinski definition) is 2. The van der Waals surface area contributed by atoms with Gasteiger partial charge in [-0.3, -0.25) is 14.8 Å². The van der Waals surface area contributed by atoms with Gasteiger partial charge in [-0.1, -0.05) is 20.8 Å². The Hall–Kier alpha value is -2.16. The van der Waals surface area contributed by atoms with Crippen LogP contribution in [0.3, 0.4) is 0 Å². The Labute approximate surface area is 122 Å². The van der Waals surface area contributed by atoms with Gasteiger partial charge in [0.2, 0.25) is 10.0 Å². The second kappa shape index (κ2) is 5.68. The molecule has 8 nitrogen and oxygen atoms in total. The van der Waals surface area contributed by atoms with Gasteiger partial charge in [0, 0.05) is 12.1 Å². The molecule has 0 aliphatic rings. The molecule has 21 heavy (non-hydrogen) atoms. The quantitative estimate of drug-likeness (QED) is 0.632. The van der Waals surface area contributed by atoms with E-state index >= 15 is 0 Å². The summed E-state index contributed by atoms with van der Waals surface area (Å²) in [5.74, 6) is -1.66. The number of nitrogens with zero attached hydrogens (tertiary/aromatic N) is 1. The van der Waals surface area contributed by atoms with E-state index in [0.29, 0.717) is 0 Å². The highest BCUT2D eigenvalue weighted by molar-refractivity contribution is 7.92. The lowest BCUT2D eigenvalue weighted by molar-refractivity contribution is -0.384. The Bertz CT molecular complexity index is 675. The van der Waals surface area contributed by atoms with Crippen molar-refractivity contribution in [2.75, 3.05) is 10.5 Å². The zero-order chi connectivity index (χ0) is 16.4. The third-order valence-corrected chi connectivity index (χ3v) is 4.11. The average molecular weight is 316 g/mol. The first-order chi connectivity index (χ1) is 9.41. The van der Waals surface area contributed by atoms with Crippen molar-refractivity contribution >= 4 is 27.4 Å². The molecule has 0 bridgehead atoms. The molecule has 1 rings (SSSR count). The number of benzene rings is 1. The van der Waals surface area contributed by atoms with Crippen molar-refractivity contribution in [2.45, 2.75) is 20.8 Å². The third kappa shape index (κ3) is 5.03. The van der Waals surface area contributed by atoms with Gasteiger partial charge >= 0.3 is 5.97 Å². The number of carbonyl (C=O) groups is 1. The lowest BCUT2D eigenvalue weighted by atomic mass is 10.0. The molecule has 0 spiro atoms. The van der Waals surface area contributed by atoms with Gasteiger partial charge in [-0.05, 0) is 11.5 Å². The van der Waals surface area contributed by atoms with Crippen LogP contribution < -0.4 is 4.72 Å². The summed E-state index contributed by atoms with van der Waals surface area (Å²) in [5, 5.41) is 19.7. The fourth-order valence-electron chi connectivity index (χ4n) is 1.69. The molecule has 2 N–H and O–H groups in total. The fraction of sp³-hybridized carbons (Fsp3) is 0.417. The van der Waals surface area contributed by atoms with Crippen molar-refractivity contribution in [1.29, 1.82) is 0 Å². The zero-order valence-electron chi connectivity index (χ0n) is 11.8. The lowest BCUT2D eigenvalue weighted by Crippen LogP contribution is -2.26. The van der Waals surface area contributed by atoms with E-state index in [4.69, 9.17) is 5.11 Å². The van der Waals surface area contributed by atoms with Gasteiger partial charge in [0.1, 0.15) is 0 Å². The highest BCUT2D eigenvalue weighted by atomic mass is 32.2. The fourth-order valence-corrected chi connectivity index (χ4v) is 3.41. The predicted molar refractivity (Wildman–Crippen MR) is 76.9 cm³/mol. The first-order valence-corrected chi connectivity index (χ1v) is 7.59. The van der Waals surface area contributed by atoms with Crippen LogP contribution in [0.15, 0.2) is 18.2 Å². The number of hydrogen-bond acceptors (Lipinski definition) is 5. The molecule has 0 saturated carbocycles. The predicted octanol–water partition coefficient (Wildman–Crippen LogP) is 2.08. The maximum Gasteiger partial charge on any atom is 0.338 e. The lowest BCUT2D eigenvalue weighted by Gasteiger charge is -2.19. The molecular formula is C12H16N2O6S. The average Bonchev–Trinajstić information content (AvgIpc) is 2.24. The highest BCUT2D eigenvalue weighted by Gasteiger charge is 2.24. The van der Waals surface area contributed by atoms with Crippen molar-refractivity contribution in [3.05, 3.63) is 33.9 Å². The molecule has 0 saturated heterocycles. The van der Waals surface area contributed by atoms with Crippen LogP contribution in [0.5, 0.6) is 0 Å². The molecule has 0 heterocycles. The van der Waals surface area contributed by atoms with E-state index in [1.165, 1.54) is 0 Å². The number of nitrogens with one attached hydrogen (secondary N) is 1. The van der Waals surface area contributed by atoms with Crippen LogP contribution in [-0.2, 0) is 10.0 Å². The van der Waals surface area contributed by atoms with Gasteiger partial charge < -0.3 is 5.11 Å². The van der Waals surface area contributed by atoms with E-state index in [9.17, 15) is 23.3 Å². The van der Waals surface area contributed by atoms with Gasteiger partial charge in [0.15, 0.2) is 0 Å². The first-order valence-electron chi connectivity index (χ1n) is 5.93. The third-order valence-electron chi connectivity index (χ3n) is 2.33. The molecule has 0 aliphatic carbocycles. The maximum absolute atomic E-state index is 12.0. The molecule has 0 radical (unpaired) electrons. The van der Waals surface area contributed by atoms with E-state index in [0.717, 1.165) is 18.2 Å². The minimum atomic E-state index is -3.76. The number of anilines is 1. The summed E-state index contributed by atoms with van der Waals surface area (Å²) in [4.78, 5) is 21.0. The summed E-state index contributed by atoms with van der Waals surface area (Å²) in [6.07, 6.45) is 0. The minimum Gasteiger partial charge on any atom is -0.478 e. The second-order valence-corrected chi connectivity index (χ2v) is 7.44. The topological polar surface area (TPSA) is 127 Å². The van der Waals surface area contributed by atoms with Crippen molar-refractivity contribution in [3.63, 3.8) is 0 Å². The number of nitro benzene ring substituents is 1. The van der Waals surface area contributed by atoms with E-state index in [1.54, 1.807) is 20.8 Å². The number of sulfonamides is 1. The number of rotatable bonds is 5. The Balaban J connectivity index is 3.20. The molecule has 1 aromatic carbocycles. The van der Waals surface area contributed by atoms with Crippen LogP contribution in [0.2, 0.25) is 0 Å². The molecule has 0 aromatic heterocycles. The second-order valence-electron chi connectivity index (χ2n) is 5.71. The van der Waals surface area contributed by atoms with Crippen molar-refractivity contribution in [2.24, 2.45) is 5.41 Å². The number of carboxylic acid groups (broad SMARTS) is 1. The van der Waals surface area contributed by atoms with Gasteiger partial charge in [0.25, 0.3) is 5.69 Å². The number of carboxylic acids is 1. The van der Waals surface area contributed by atoms with Crippen LogP contribution in [0, 0.1) is 15.5 Å². The largest absolute Gasteiger partial charge is 0.478 e. The SMILES string of the molecule is CC(C)(C)CS(=O)(=O)Nc1ccc([N+](=O)[O-])cc1C(=O)O. The van der Waals surface area contributed by atoms with Crippen LogP contribution in [-0.4, -0.2) is 30.2 Å². The zero-order valence-corrected chi connectivity index (χ0v) is 12.6. The van der Waals surface area contributed by atoms with Crippen molar-refractivity contribution < 1.29 is 23.2 Å². The normalized spacial score (nSPS) is 12.0. The van der Waals surface area contributed by atoms with Gasteiger partial charge in [0.05, 0.1) is 21.9 Å². The molecule has 1 aromatic rings. The highest BCUT2D eigenvalue weighted by Crippen LogP contribution is 2.25. The summed E-state index contributed by atoms with van der Waals surface area (Å²) in [6, 6.07) is 2.93. The number of nitro groups is 1. The Morgan fingerprint density at radius 2 is 1.95 bits per heavy atom. The summed E-state index contributed by atoms with van der Waals surface area (Å²) in [5.41, 5.74) is -1.61. The van der Waals surface area contributed by atoms with Crippen LogP contribution in [0.4, 0.5) is 11.4 Å². The summed E-state index contributed by atoms with van der Waals surface area (Å²) < 4.78 is 26.1. The van der Waals surface area contributed by atoms with E-state index in [2.05, 4.69) is 4.72 Å². The van der Waals surface area contributed by atoms with Crippen LogP contribution in [0.1, 0.15) is 31.1 Å². The van der Waals surface area contributed by atoms with Gasteiger partial charge in [-0.15, -0.1) is 0 Å². The molecule has 0 aliphatic heterocycles. The van der Waals surface area contributed by atoms with E-state index < -0.39 is 37.6 Å². The van der Waals surface area contributed by atoms with Gasteiger partial charge in [-0.25, -0.2) is 13.2 Å². The maximum atomic E-state index is 12.0. The Morgan fingerprint density at radius 3 is 2.38 bits per heavy atom. The Kier molecular flexibility index (Phi) is 4.57.